The summed E-state index contributed by atoms with van der Waals surface area (Å²) in [5.41, 5.74) is 0.0977. The second-order valence-corrected chi connectivity index (χ2v) is 9.05. The van der Waals surface area contributed by atoms with Crippen molar-refractivity contribution in [2.45, 2.75) is 44.4 Å². The van der Waals surface area contributed by atoms with Crippen LogP contribution < -0.4 is 10.6 Å². The molecule has 7 nitrogen and oxygen atoms in total. The fourth-order valence-corrected chi connectivity index (χ4v) is 4.21. The number of hydrogen-bond acceptors (Lipinski definition) is 4. The van der Waals surface area contributed by atoms with Crippen molar-refractivity contribution in [3.8, 4) is 0 Å². The van der Waals surface area contributed by atoms with E-state index in [0.717, 1.165) is 30.6 Å². The Bertz CT molecular complexity index is 1150. The van der Waals surface area contributed by atoms with Crippen molar-refractivity contribution in [1.29, 1.82) is 0 Å². The van der Waals surface area contributed by atoms with E-state index in [2.05, 4.69) is 10.3 Å². The first-order valence-electron chi connectivity index (χ1n) is 11.3. The molecule has 37 heavy (non-hydrogen) atoms. The molecule has 1 aromatic carbocycles. The van der Waals surface area contributed by atoms with Crippen LogP contribution in [0.5, 0.6) is 0 Å². The van der Waals surface area contributed by atoms with Crippen LogP contribution in [-0.2, 0) is 9.59 Å². The van der Waals surface area contributed by atoms with Gasteiger partial charge in [-0.15, -0.1) is 0 Å². The molecule has 1 saturated heterocycles. The van der Waals surface area contributed by atoms with E-state index in [1.807, 2.05) is 0 Å². The zero-order chi connectivity index (χ0) is 27.5. The average Bonchev–Trinajstić information content (AvgIpc) is 2.80. The highest BCUT2D eigenvalue weighted by Gasteiger charge is 2.42. The highest BCUT2D eigenvalue weighted by molar-refractivity contribution is 5.94. The van der Waals surface area contributed by atoms with Crippen LogP contribution in [0.25, 0.3) is 0 Å². The predicted octanol–water partition coefficient (Wildman–Crippen LogP) is 3.32. The molecule has 0 bridgehead atoms. The zero-order valence-electron chi connectivity index (χ0n) is 19.8. The maximum atomic E-state index is 13.9. The molecule has 1 fully saturated rings. The van der Waals surface area contributed by atoms with E-state index in [-0.39, 0.29) is 30.6 Å². The molecule has 0 spiro atoms. The van der Waals surface area contributed by atoms with Gasteiger partial charge in [-0.2, -0.15) is 13.2 Å². The van der Waals surface area contributed by atoms with Crippen molar-refractivity contribution in [3.63, 3.8) is 0 Å². The van der Waals surface area contributed by atoms with Gasteiger partial charge in [-0.3, -0.25) is 19.4 Å². The molecule has 3 atom stereocenters. The minimum absolute atomic E-state index is 0.0715. The van der Waals surface area contributed by atoms with Crippen molar-refractivity contribution in [1.82, 2.24) is 20.5 Å². The maximum absolute atomic E-state index is 13.9. The van der Waals surface area contributed by atoms with Gasteiger partial charge < -0.3 is 15.5 Å². The van der Waals surface area contributed by atoms with Gasteiger partial charge in [-0.25, -0.2) is 13.2 Å². The topological polar surface area (TPSA) is 91.4 Å². The molecule has 0 aliphatic carbocycles. The summed E-state index contributed by atoms with van der Waals surface area (Å²) in [6.45, 7) is 2.72. The van der Waals surface area contributed by atoms with Crippen LogP contribution in [0, 0.1) is 23.4 Å². The van der Waals surface area contributed by atoms with Crippen LogP contribution in [0.1, 0.15) is 42.1 Å². The number of alkyl halides is 3. The van der Waals surface area contributed by atoms with Gasteiger partial charge >= 0.3 is 12.1 Å². The van der Waals surface area contributed by atoms with E-state index >= 15 is 0 Å². The number of piperidine rings is 1. The first-order chi connectivity index (χ1) is 17.3. The first kappa shape index (κ1) is 27.9. The quantitative estimate of drug-likeness (QED) is 0.561. The Morgan fingerprint density at radius 1 is 1.00 bits per heavy atom. The van der Waals surface area contributed by atoms with Crippen LogP contribution in [0.4, 0.5) is 26.3 Å². The van der Waals surface area contributed by atoms with E-state index in [9.17, 15) is 40.7 Å². The number of nitrogens with zero attached hydrogens (tertiary/aromatic N) is 2. The molecule has 13 heteroatoms. The number of nitrogens with one attached hydrogen (secondary N) is 2. The standard InChI is InChI=1S/C24H24F6N4O3/c1-12(2)20(33-23(37)24(28,29)30)21(35)32-19-11-34(22(36)14-7-17(27)10-31-9-14)4-3-18(19)13-5-15(25)8-16(26)6-13/h5-10,12,18-20H,3-4,11H2,1-2H3,(H,32,35)(H,33,37)/t18-,19+,20+/m0/s1. The summed E-state index contributed by atoms with van der Waals surface area (Å²) < 4.78 is 79.8. The summed E-state index contributed by atoms with van der Waals surface area (Å²) in [6, 6.07) is 1.17. The molecule has 0 radical (unpaired) electrons. The summed E-state index contributed by atoms with van der Waals surface area (Å²) in [4.78, 5) is 42.3. The lowest BCUT2D eigenvalue weighted by molar-refractivity contribution is -0.175. The Morgan fingerprint density at radius 2 is 1.65 bits per heavy atom. The summed E-state index contributed by atoms with van der Waals surface area (Å²) in [6.07, 6.45) is -3.05. The number of hydrogen-bond donors (Lipinski definition) is 2. The molecule has 3 amide bonds. The van der Waals surface area contributed by atoms with Crippen molar-refractivity contribution < 1.29 is 40.7 Å². The van der Waals surface area contributed by atoms with Crippen molar-refractivity contribution >= 4 is 17.7 Å². The molecule has 0 unspecified atom stereocenters. The highest BCUT2D eigenvalue weighted by atomic mass is 19.4. The lowest BCUT2D eigenvalue weighted by Gasteiger charge is -2.40. The van der Waals surface area contributed by atoms with E-state index in [1.165, 1.54) is 18.7 Å². The zero-order valence-corrected chi connectivity index (χ0v) is 19.8. The fraction of sp³-hybridized carbons (Fsp3) is 0.417. The van der Waals surface area contributed by atoms with E-state index in [1.54, 1.807) is 5.32 Å². The molecule has 1 aromatic heterocycles. The van der Waals surface area contributed by atoms with Gasteiger partial charge in [0.25, 0.3) is 5.91 Å². The maximum Gasteiger partial charge on any atom is 0.471 e. The molecule has 2 heterocycles. The molecular formula is C24H24F6N4O3. The third kappa shape index (κ3) is 6.98. The number of aromatic nitrogens is 1. The van der Waals surface area contributed by atoms with Gasteiger partial charge in [-0.05, 0) is 36.1 Å². The Morgan fingerprint density at radius 3 is 2.22 bits per heavy atom. The number of amides is 3. The smallest absolute Gasteiger partial charge is 0.349 e. The SMILES string of the molecule is CC(C)[C@@H](NC(=O)C(F)(F)F)C(=O)N[C@@H]1CN(C(=O)c2cncc(F)c2)CC[C@H]1c1cc(F)cc(F)c1. The average molecular weight is 530 g/mol. The van der Waals surface area contributed by atoms with Crippen LogP contribution in [0.3, 0.4) is 0 Å². The molecule has 0 saturated carbocycles. The summed E-state index contributed by atoms with van der Waals surface area (Å²) >= 11 is 0. The number of halogens is 6. The molecule has 3 rings (SSSR count). The third-order valence-corrected chi connectivity index (χ3v) is 5.99. The Labute approximate surface area is 208 Å². The molecule has 1 aliphatic heterocycles. The van der Waals surface area contributed by atoms with E-state index in [0.29, 0.717) is 6.07 Å². The number of carbonyl (C=O) groups is 3. The minimum atomic E-state index is -5.22. The normalized spacial score (nSPS) is 18.9. The van der Waals surface area contributed by atoms with Gasteiger partial charge in [0, 0.05) is 31.3 Å². The van der Waals surface area contributed by atoms with Gasteiger partial charge in [0.15, 0.2) is 0 Å². The van der Waals surface area contributed by atoms with Crippen LogP contribution >= 0.6 is 0 Å². The Balaban J connectivity index is 1.89. The van der Waals surface area contributed by atoms with E-state index < -0.39 is 65.3 Å². The molecule has 2 N–H and O–H groups in total. The molecule has 2 aromatic rings. The number of rotatable bonds is 6. The van der Waals surface area contributed by atoms with Crippen molar-refractivity contribution in [2.75, 3.05) is 13.1 Å². The third-order valence-electron chi connectivity index (χ3n) is 5.99. The largest absolute Gasteiger partial charge is 0.471 e. The number of likely N-dealkylation sites (tertiary alicyclic amines) is 1. The lowest BCUT2D eigenvalue weighted by Crippen LogP contribution is -2.59. The number of carbonyl (C=O) groups excluding carboxylic acids is 3. The summed E-state index contributed by atoms with van der Waals surface area (Å²) in [5.74, 6) is -7.87. The van der Waals surface area contributed by atoms with Crippen LogP contribution in [0.15, 0.2) is 36.7 Å². The summed E-state index contributed by atoms with van der Waals surface area (Å²) in [5, 5.41) is 4.20. The van der Waals surface area contributed by atoms with Crippen molar-refractivity contribution in [3.05, 3.63) is 65.2 Å². The molecule has 1 aliphatic rings. The van der Waals surface area contributed by atoms with Gasteiger partial charge in [0.1, 0.15) is 23.5 Å². The monoisotopic (exact) mass is 530 g/mol. The van der Waals surface area contributed by atoms with Crippen LogP contribution in [0.2, 0.25) is 0 Å². The van der Waals surface area contributed by atoms with Crippen molar-refractivity contribution in [2.24, 2.45) is 5.92 Å². The Hall–Kier alpha value is -3.64. The minimum Gasteiger partial charge on any atom is -0.349 e. The van der Waals surface area contributed by atoms with E-state index in [4.69, 9.17) is 0 Å². The fourth-order valence-electron chi connectivity index (χ4n) is 4.21. The number of pyridine rings is 1. The van der Waals surface area contributed by atoms with Crippen LogP contribution in [-0.4, -0.2) is 59.0 Å². The predicted molar refractivity (Wildman–Crippen MR) is 119 cm³/mol. The Kier molecular flexibility index (Phi) is 8.44. The van der Waals surface area contributed by atoms with Gasteiger partial charge in [0.2, 0.25) is 5.91 Å². The van der Waals surface area contributed by atoms with Gasteiger partial charge in [-0.1, -0.05) is 13.8 Å². The molecular weight excluding hydrogens is 506 g/mol. The second-order valence-electron chi connectivity index (χ2n) is 9.05. The summed E-state index contributed by atoms with van der Waals surface area (Å²) in [7, 11) is 0. The first-order valence-corrected chi connectivity index (χ1v) is 11.3. The molecule has 200 valence electrons. The lowest BCUT2D eigenvalue weighted by atomic mass is 9.84. The van der Waals surface area contributed by atoms with Gasteiger partial charge in [0.05, 0.1) is 17.8 Å². The highest BCUT2D eigenvalue weighted by Crippen LogP contribution is 2.31. The second kappa shape index (κ2) is 11.2. The number of benzene rings is 1.